The van der Waals surface area contributed by atoms with E-state index in [0.29, 0.717) is 11.3 Å². The lowest BCUT2D eigenvalue weighted by atomic mass is 10.1. The smallest absolute Gasteiger partial charge is 0.260 e. The number of halogens is 1. The molecule has 1 N–H and O–H groups in total. The predicted octanol–water partition coefficient (Wildman–Crippen LogP) is 0.836. The average molecular weight is 181 g/mol. The number of hydrogen-bond acceptors (Lipinski definition) is 2. The van der Waals surface area contributed by atoms with Gasteiger partial charge in [-0.1, -0.05) is 0 Å². The van der Waals surface area contributed by atoms with Gasteiger partial charge in [0.15, 0.2) is 6.10 Å². The molecule has 0 aromatic heterocycles. The Hall–Kier alpha value is -1.42. The highest BCUT2D eigenvalue weighted by molar-refractivity contribution is 6.03. The zero-order valence-electron chi connectivity index (χ0n) is 6.99. The summed E-state index contributed by atoms with van der Waals surface area (Å²) in [5.74, 6) is -0.860. The van der Waals surface area contributed by atoms with E-state index in [1.54, 1.807) is 7.05 Å². The number of hydrogen-bond donors (Lipinski definition) is 1. The summed E-state index contributed by atoms with van der Waals surface area (Å²) in [7, 11) is 1.55. The highest BCUT2D eigenvalue weighted by Crippen LogP contribution is 2.34. The van der Waals surface area contributed by atoms with Crippen LogP contribution >= 0.6 is 0 Å². The van der Waals surface area contributed by atoms with Crippen molar-refractivity contribution in [3.63, 3.8) is 0 Å². The van der Waals surface area contributed by atoms with Gasteiger partial charge in [-0.3, -0.25) is 4.79 Å². The topological polar surface area (TPSA) is 40.5 Å². The van der Waals surface area contributed by atoms with Gasteiger partial charge >= 0.3 is 0 Å². The van der Waals surface area contributed by atoms with E-state index < -0.39 is 17.8 Å². The van der Waals surface area contributed by atoms with Crippen molar-refractivity contribution in [2.24, 2.45) is 0 Å². The minimum Gasteiger partial charge on any atom is -0.378 e. The Morgan fingerprint density at radius 2 is 2.23 bits per heavy atom. The first-order valence-corrected chi connectivity index (χ1v) is 3.86. The molecule has 0 bridgehead atoms. The van der Waals surface area contributed by atoms with E-state index in [2.05, 4.69) is 0 Å². The summed E-state index contributed by atoms with van der Waals surface area (Å²) < 4.78 is 12.7. The molecular weight excluding hydrogens is 173 g/mol. The van der Waals surface area contributed by atoms with Crippen LogP contribution in [0.15, 0.2) is 18.2 Å². The quantitative estimate of drug-likeness (QED) is 0.644. The second-order valence-electron chi connectivity index (χ2n) is 3.00. The Morgan fingerprint density at radius 1 is 1.54 bits per heavy atom. The van der Waals surface area contributed by atoms with Crippen molar-refractivity contribution in [1.29, 1.82) is 0 Å². The zero-order chi connectivity index (χ0) is 9.59. The van der Waals surface area contributed by atoms with Crippen molar-refractivity contribution in [3.8, 4) is 0 Å². The number of nitrogens with zero attached hydrogens (tertiary/aromatic N) is 1. The summed E-state index contributed by atoms with van der Waals surface area (Å²) in [5, 5.41) is 9.39. The number of likely N-dealkylation sites (N-methyl/N-ethyl adjacent to an activating group) is 1. The SMILES string of the molecule is CN1C(=O)C(O)c2cc(F)ccc21. The van der Waals surface area contributed by atoms with Crippen molar-refractivity contribution in [2.75, 3.05) is 11.9 Å². The van der Waals surface area contributed by atoms with E-state index in [1.807, 2.05) is 0 Å². The Kier molecular flexibility index (Phi) is 1.60. The molecule has 0 saturated heterocycles. The molecule has 2 rings (SSSR count). The highest BCUT2D eigenvalue weighted by Gasteiger charge is 2.33. The molecule has 0 aliphatic carbocycles. The Morgan fingerprint density at radius 3 is 2.92 bits per heavy atom. The summed E-state index contributed by atoms with van der Waals surface area (Å²) >= 11 is 0. The van der Waals surface area contributed by atoms with Gasteiger partial charge in [-0.2, -0.15) is 0 Å². The first kappa shape index (κ1) is 8.19. The first-order chi connectivity index (χ1) is 6.11. The molecule has 0 saturated carbocycles. The normalized spacial score (nSPS) is 20.7. The van der Waals surface area contributed by atoms with Gasteiger partial charge in [0.2, 0.25) is 0 Å². The van der Waals surface area contributed by atoms with Gasteiger partial charge in [0.25, 0.3) is 5.91 Å². The molecule has 1 aliphatic heterocycles. The lowest BCUT2D eigenvalue weighted by Crippen LogP contribution is -2.23. The first-order valence-electron chi connectivity index (χ1n) is 3.86. The third-order valence-electron chi connectivity index (χ3n) is 2.21. The standard InChI is InChI=1S/C9H8FNO2/c1-11-7-3-2-5(10)4-6(7)8(12)9(11)13/h2-4,8,12H,1H3. The molecule has 1 amide bonds. The number of anilines is 1. The van der Waals surface area contributed by atoms with Crippen molar-refractivity contribution in [3.05, 3.63) is 29.6 Å². The molecule has 1 aromatic carbocycles. The second-order valence-corrected chi connectivity index (χ2v) is 3.00. The van der Waals surface area contributed by atoms with Crippen molar-refractivity contribution >= 4 is 11.6 Å². The van der Waals surface area contributed by atoms with Crippen LogP contribution in [0.3, 0.4) is 0 Å². The maximum Gasteiger partial charge on any atom is 0.260 e. The van der Waals surface area contributed by atoms with Gasteiger partial charge in [-0.05, 0) is 18.2 Å². The number of fused-ring (bicyclic) bond motifs is 1. The van der Waals surface area contributed by atoms with E-state index in [4.69, 9.17) is 0 Å². The maximum atomic E-state index is 12.7. The second kappa shape index (κ2) is 2.53. The number of rotatable bonds is 0. The van der Waals surface area contributed by atoms with E-state index in [0.717, 1.165) is 0 Å². The molecular formula is C9H8FNO2. The number of aliphatic hydroxyl groups is 1. The summed E-state index contributed by atoms with van der Waals surface area (Å²) in [4.78, 5) is 12.5. The van der Waals surface area contributed by atoms with Gasteiger partial charge < -0.3 is 10.0 Å². The molecule has 0 spiro atoms. The Bertz CT molecular complexity index is 378. The van der Waals surface area contributed by atoms with Crippen LogP contribution in [-0.4, -0.2) is 18.1 Å². The minimum absolute atomic E-state index is 0.340. The highest BCUT2D eigenvalue weighted by atomic mass is 19.1. The van der Waals surface area contributed by atoms with Crippen LogP contribution in [0.25, 0.3) is 0 Å². The van der Waals surface area contributed by atoms with Crippen LogP contribution in [0.2, 0.25) is 0 Å². The molecule has 1 heterocycles. The Labute approximate surface area is 74.4 Å². The lowest BCUT2D eigenvalue weighted by Gasteiger charge is -2.08. The van der Waals surface area contributed by atoms with E-state index in [9.17, 15) is 14.3 Å². The van der Waals surface area contributed by atoms with Gasteiger partial charge in [-0.25, -0.2) is 4.39 Å². The number of carbonyl (C=O) groups is 1. The molecule has 1 aliphatic rings. The molecule has 0 fully saturated rings. The Balaban J connectivity index is 2.60. The lowest BCUT2D eigenvalue weighted by molar-refractivity contribution is -0.125. The molecule has 1 unspecified atom stereocenters. The fourth-order valence-electron chi connectivity index (χ4n) is 1.49. The maximum absolute atomic E-state index is 12.7. The van der Waals surface area contributed by atoms with Crippen LogP contribution < -0.4 is 4.90 Å². The molecule has 13 heavy (non-hydrogen) atoms. The fraction of sp³-hybridized carbons (Fsp3) is 0.222. The van der Waals surface area contributed by atoms with E-state index >= 15 is 0 Å². The molecule has 0 radical (unpaired) electrons. The number of amides is 1. The van der Waals surface area contributed by atoms with Crippen molar-refractivity contribution < 1.29 is 14.3 Å². The number of carbonyl (C=O) groups excluding carboxylic acids is 1. The molecule has 1 aromatic rings. The molecule has 1 atom stereocenters. The van der Waals surface area contributed by atoms with Gasteiger partial charge in [0.1, 0.15) is 5.82 Å². The van der Waals surface area contributed by atoms with Crippen LogP contribution in [-0.2, 0) is 4.79 Å². The largest absolute Gasteiger partial charge is 0.378 e. The van der Waals surface area contributed by atoms with Crippen LogP contribution in [0.1, 0.15) is 11.7 Å². The number of aliphatic hydroxyl groups excluding tert-OH is 1. The van der Waals surface area contributed by atoms with Crippen LogP contribution in [0, 0.1) is 5.82 Å². The third kappa shape index (κ3) is 1.02. The summed E-state index contributed by atoms with van der Waals surface area (Å²) in [6.07, 6.45) is -1.21. The van der Waals surface area contributed by atoms with Crippen LogP contribution in [0.4, 0.5) is 10.1 Å². The molecule has 4 heteroatoms. The summed E-state index contributed by atoms with van der Waals surface area (Å²) in [6.45, 7) is 0. The van der Waals surface area contributed by atoms with Gasteiger partial charge in [-0.15, -0.1) is 0 Å². The summed E-state index contributed by atoms with van der Waals surface area (Å²) in [5.41, 5.74) is 0.909. The minimum atomic E-state index is -1.21. The average Bonchev–Trinajstić information content (AvgIpc) is 2.32. The van der Waals surface area contributed by atoms with Gasteiger partial charge in [0, 0.05) is 18.3 Å². The van der Waals surface area contributed by atoms with Crippen LogP contribution in [0.5, 0.6) is 0 Å². The van der Waals surface area contributed by atoms with Crippen molar-refractivity contribution in [2.45, 2.75) is 6.10 Å². The van der Waals surface area contributed by atoms with E-state index in [-0.39, 0.29) is 0 Å². The molecule has 3 nitrogen and oxygen atoms in total. The number of benzene rings is 1. The van der Waals surface area contributed by atoms with Gasteiger partial charge in [0.05, 0.1) is 0 Å². The zero-order valence-corrected chi connectivity index (χ0v) is 6.99. The molecule has 68 valence electrons. The predicted molar refractivity (Wildman–Crippen MR) is 44.8 cm³/mol. The van der Waals surface area contributed by atoms with Crippen molar-refractivity contribution in [1.82, 2.24) is 0 Å². The third-order valence-corrected chi connectivity index (χ3v) is 2.21. The van der Waals surface area contributed by atoms with E-state index in [1.165, 1.54) is 23.1 Å². The fourth-order valence-corrected chi connectivity index (χ4v) is 1.49. The summed E-state index contributed by atoms with van der Waals surface area (Å²) in [6, 6.07) is 3.93. The monoisotopic (exact) mass is 181 g/mol.